The number of rotatable bonds is 3. The van der Waals surface area contributed by atoms with Crippen LogP contribution in [0, 0.1) is 5.41 Å². The van der Waals surface area contributed by atoms with E-state index in [0.29, 0.717) is 5.41 Å². The van der Waals surface area contributed by atoms with Crippen molar-refractivity contribution in [1.82, 2.24) is 4.90 Å². The Morgan fingerprint density at radius 3 is 2.36 bits per heavy atom. The van der Waals surface area contributed by atoms with E-state index in [-0.39, 0.29) is 6.10 Å². The summed E-state index contributed by atoms with van der Waals surface area (Å²) in [6, 6.07) is 0. The summed E-state index contributed by atoms with van der Waals surface area (Å²) in [6.07, 6.45) is 6.08. The molecular formula is C11H20BrNO. The number of hydrogen-bond acceptors (Lipinski definition) is 2. The Bertz CT molecular complexity index is 180. The molecule has 3 heteroatoms. The normalized spacial score (nSPS) is 28.7. The number of nitrogens with zero attached hydrogens (tertiary/aromatic N) is 1. The fraction of sp³-hybridized carbons (Fsp3) is 1.00. The lowest BCUT2D eigenvalue weighted by molar-refractivity contribution is 0.0372. The van der Waals surface area contributed by atoms with E-state index >= 15 is 0 Å². The number of halogens is 1. The van der Waals surface area contributed by atoms with Crippen molar-refractivity contribution in [2.75, 3.05) is 25.0 Å². The second kappa shape index (κ2) is 4.50. The molecule has 2 rings (SSSR count). The third-order valence-corrected chi connectivity index (χ3v) is 5.00. The number of hydrogen-bond donors (Lipinski definition) is 1. The standard InChI is InChI=1S/C11H20BrNO/c12-8-11(4-1-5-11)9-13-6-2-10(14)3-7-13/h10,14H,1-9H2. The highest BCUT2D eigenvalue weighted by Crippen LogP contribution is 2.43. The van der Waals surface area contributed by atoms with Crippen LogP contribution in [0.4, 0.5) is 0 Å². The topological polar surface area (TPSA) is 23.5 Å². The van der Waals surface area contributed by atoms with Crippen LogP contribution in [-0.2, 0) is 0 Å². The van der Waals surface area contributed by atoms with Gasteiger partial charge in [0, 0.05) is 25.0 Å². The Kier molecular flexibility index (Phi) is 3.50. The van der Waals surface area contributed by atoms with Crippen LogP contribution in [0.5, 0.6) is 0 Å². The fourth-order valence-corrected chi connectivity index (χ4v) is 3.30. The second-order valence-electron chi connectivity index (χ2n) is 4.99. The highest BCUT2D eigenvalue weighted by Gasteiger charge is 2.37. The van der Waals surface area contributed by atoms with Crippen molar-refractivity contribution in [3.63, 3.8) is 0 Å². The third-order valence-electron chi connectivity index (χ3n) is 3.81. The van der Waals surface area contributed by atoms with E-state index in [4.69, 9.17) is 0 Å². The zero-order valence-electron chi connectivity index (χ0n) is 8.71. The monoisotopic (exact) mass is 261 g/mol. The molecule has 0 aromatic heterocycles. The van der Waals surface area contributed by atoms with Crippen LogP contribution >= 0.6 is 15.9 Å². The second-order valence-corrected chi connectivity index (χ2v) is 5.56. The molecule has 2 fully saturated rings. The van der Waals surface area contributed by atoms with Gasteiger partial charge in [0.2, 0.25) is 0 Å². The van der Waals surface area contributed by atoms with E-state index in [1.54, 1.807) is 0 Å². The van der Waals surface area contributed by atoms with Gasteiger partial charge in [-0.25, -0.2) is 0 Å². The van der Waals surface area contributed by atoms with Crippen LogP contribution in [-0.4, -0.2) is 41.1 Å². The minimum absolute atomic E-state index is 0.0347. The summed E-state index contributed by atoms with van der Waals surface area (Å²) in [5, 5.41) is 10.6. The maximum absolute atomic E-state index is 9.42. The highest BCUT2D eigenvalue weighted by molar-refractivity contribution is 9.09. The van der Waals surface area contributed by atoms with E-state index in [1.807, 2.05) is 0 Å². The SMILES string of the molecule is OC1CCN(CC2(CBr)CCC2)CC1. The van der Waals surface area contributed by atoms with Gasteiger partial charge >= 0.3 is 0 Å². The molecule has 1 aliphatic carbocycles. The average Bonchev–Trinajstić information content (AvgIpc) is 2.15. The van der Waals surface area contributed by atoms with Crippen molar-refractivity contribution in [3.8, 4) is 0 Å². The lowest BCUT2D eigenvalue weighted by Gasteiger charge is -2.45. The first-order valence-electron chi connectivity index (χ1n) is 5.70. The molecule has 0 aromatic carbocycles. The lowest BCUT2D eigenvalue weighted by Crippen LogP contribution is -2.47. The van der Waals surface area contributed by atoms with Gasteiger partial charge in [-0.15, -0.1) is 0 Å². The molecule has 0 amide bonds. The van der Waals surface area contributed by atoms with Gasteiger partial charge in [0.15, 0.2) is 0 Å². The smallest absolute Gasteiger partial charge is 0.0564 e. The molecule has 0 aromatic rings. The van der Waals surface area contributed by atoms with Crippen molar-refractivity contribution >= 4 is 15.9 Å². The molecule has 2 nitrogen and oxygen atoms in total. The molecule has 1 aliphatic heterocycles. The minimum atomic E-state index is -0.0347. The van der Waals surface area contributed by atoms with Gasteiger partial charge in [0.25, 0.3) is 0 Å². The molecule has 0 unspecified atom stereocenters. The van der Waals surface area contributed by atoms with Gasteiger partial charge in [-0.3, -0.25) is 0 Å². The molecular weight excluding hydrogens is 242 g/mol. The van der Waals surface area contributed by atoms with Gasteiger partial charge in [-0.1, -0.05) is 22.4 Å². The Balaban J connectivity index is 1.79. The molecule has 82 valence electrons. The third kappa shape index (κ3) is 2.31. The van der Waals surface area contributed by atoms with Crippen molar-refractivity contribution < 1.29 is 5.11 Å². The zero-order valence-corrected chi connectivity index (χ0v) is 10.3. The molecule has 1 heterocycles. The summed E-state index contributed by atoms with van der Waals surface area (Å²) in [6.45, 7) is 3.43. The Morgan fingerprint density at radius 2 is 1.93 bits per heavy atom. The summed E-state index contributed by atoms with van der Waals surface area (Å²) >= 11 is 3.65. The molecule has 0 radical (unpaired) electrons. The molecule has 0 bridgehead atoms. The average molecular weight is 262 g/mol. The number of alkyl halides is 1. The summed E-state index contributed by atoms with van der Waals surface area (Å²) in [5.74, 6) is 0. The predicted octanol–water partition coefficient (Wildman–Crippen LogP) is 2.01. The first-order chi connectivity index (χ1) is 6.74. The Hall–Kier alpha value is 0.400. The van der Waals surface area contributed by atoms with Crippen LogP contribution in [0.2, 0.25) is 0 Å². The van der Waals surface area contributed by atoms with E-state index in [1.165, 1.54) is 25.8 Å². The summed E-state index contributed by atoms with van der Waals surface area (Å²) in [5.41, 5.74) is 0.572. The van der Waals surface area contributed by atoms with Crippen LogP contribution in [0.15, 0.2) is 0 Å². The number of likely N-dealkylation sites (tertiary alicyclic amines) is 1. The first-order valence-corrected chi connectivity index (χ1v) is 6.83. The fourth-order valence-electron chi connectivity index (χ4n) is 2.56. The van der Waals surface area contributed by atoms with Gasteiger partial charge < -0.3 is 10.0 Å². The van der Waals surface area contributed by atoms with Gasteiger partial charge in [0.1, 0.15) is 0 Å². The molecule has 0 atom stereocenters. The van der Waals surface area contributed by atoms with Crippen LogP contribution < -0.4 is 0 Å². The van der Waals surface area contributed by atoms with Gasteiger partial charge in [0.05, 0.1) is 6.10 Å². The number of aliphatic hydroxyl groups is 1. The first kappa shape index (κ1) is 10.9. The van der Waals surface area contributed by atoms with Gasteiger partial charge in [-0.2, -0.15) is 0 Å². The number of aliphatic hydroxyl groups excluding tert-OH is 1. The summed E-state index contributed by atoms with van der Waals surface area (Å²) in [7, 11) is 0. The van der Waals surface area contributed by atoms with Crippen molar-refractivity contribution in [3.05, 3.63) is 0 Å². The van der Waals surface area contributed by atoms with E-state index in [9.17, 15) is 5.11 Å². The molecule has 14 heavy (non-hydrogen) atoms. The quantitative estimate of drug-likeness (QED) is 0.786. The summed E-state index contributed by atoms with van der Waals surface area (Å²) in [4.78, 5) is 2.53. The molecule has 0 spiro atoms. The van der Waals surface area contributed by atoms with Crippen LogP contribution in [0.25, 0.3) is 0 Å². The molecule has 1 saturated carbocycles. The van der Waals surface area contributed by atoms with Crippen molar-refractivity contribution in [2.24, 2.45) is 5.41 Å². The molecule has 1 N–H and O–H groups in total. The minimum Gasteiger partial charge on any atom is -0.393 e. The Morgan fingerprint density at radius 1 is 1.29 bits per heavy atom. The largest absolute Gasteiger partial charge is 0.393 e. The lowest BCUT2D eigenvalue weighted by atomic mass is 9.70. The van der Waals surface area contributed by atoms with Crippen molar-refractivity contribution in [2.45, 2.75) is 38.2 Å². The van der Waals surface area contributed by atoms with Crippen molar-refractivity contribution in [1.29, 1.82) is 0 Å². The van der Waals surface area contributed by atoms with Gasteiger partial charge in [-0.05, 0) is 31.1 Å². The summed E-state index contributed by atoms with van der Waals surface area (Å²) < 4.78 is 0. The number of piperidine rings is 1. The molecule has 1 saturated heterocycles. The predicted molar refractivity (Wildman–Crippen MR) is 61.8 cm³/mol. The van der Waals surface area contributed by atoms with E-state index in [2.05, 4.69) is 20.8 Å². The molecule has 2 aliphatic rings. The van der Waals surface area contributed by atoms with Crippen LogP contribution in [0.1, 0.15) is 32.1 Å². The zero-order chi connectivity index (χ0) is 10.0. The highest BCUT2D eigenvalue weighted by atomic mass is 79.9. The maximum Gasteiger partial charge on any atom is 0.0564 e. The maximum atomic E-state index is 9.42. The van der Waals surface area contributed by atoms with Crippen LogP contribution in [0.3, 0.4) is 0 Å². The van der Waals surface area contributed by atoms with E-state index in [0.717, 1.165) is 31.3 Å². The Labute approximate surface area is 94.8 Å². The van der Waals surface area contributed by atoms with E-state index < -0.39 is 0 Å².